The summed E-state index contributed by atoms with van der Waals surface area (Å²) in [6.07, 6.45) is -0.240. The van der Waals surface area contributed by atoms with E-state index in [0.29, 0.717) is 12.9 Å². The smallest absolute Gasteiger partial charge is 0.294 e. The Labute approximate surface area is 76.6 Å². The molecule has 0 heterocycles. The first-order valence-corrected chi connectivity index (χ1v) is 3.89. The van der Waals surface area contributed by atoms with Gasteiger partial charge in [0.25, 0.3) is 6.47 Å². The molecular formula is C10H9NO2. The van der Waals surface area contributed by atoms with Crippen LogP contribution in [0.15, 0.2) is 30.3 Å². The second-order valence-electron chi connectivity index (χ2n) is 2.54. The molecule has 0 aliphatic heterocycles. The highest BCUT2D eigenvalue weighted by molar-refractivity contribution is 5.38. The van der Waals surface area contributed by atoms with Gasteiger partial charge >= 0.3 is 0 Å². The van der Waals surface area contributed by atoms with E-state index in [9.17, 15) is 4.79 Å². The van der Waals surface area contributed by atoms with Gasteiger partial charge in [0.05, 0.1) is 0 Å². The number of nitriles is 1. The number of ether oxygens (including phenoxy) is 1. The van der Waals surface area contributed by atoms with Gasteiger partial charge in [-0.25, -0.2) is 0 Å². The molecule has 0 saturated heterocycles. The lowest BCUT2D eigenvalue weighted by Gasteiger charge is -2.05. The van der Waals surface area contributed by atoms with Crippen molar-refractivity contribution in [3.05, 3.63) is 35.9 Å². The molecule has 66 valence electrons. The van der Waals surface area contributed by atoms with Gasteiger partial charge in [0.15, 0.2) is 6.10 Å². The van der Waals surface area contributed by atoms with Crippen LogP contribution in [0.4, 0.5) is 0 Å². The van der Waals surface area contributed by atoms with Crippen molar-refractivity contribution in [2.24, 2.45) is 0 Å². The summed E-state index contributed by atoms with van der Waals surface area (Å²) < 4.78 is 4.55. The van der Waals surface area contributed by atoms with Gasteiger partial charge in [-0.3, -0.25) is 4.79 Å². The van der Waals surface area contributed by atoms with E-state index >= 15 is 0 Å². The molecule has 1 atom stereocenters. The van der Waals surface area contributed by atoms with Crippen LogP contribution in [0.1, 0.15) is 5.56 Å². The van der Waals surface area contributed by atoms with Crippen LogP contribution in [0.25, 0.3) is 0 Å². The van der Waals surface area contributed by atoms with E-state index in [4.69, 9.17) is 5.26 Å². The fourth-order valence-corrected chi connectivity index (χ4v) is 1.02. The maximum absolute atomic E-state index is 9.99. The second kappa shape index (κ2) is 4.94. The van der Waals surface area contributed by atoms with E-state index in [1.54, 1.807) is 0 Å². The van der Waals surface area contributed by atoms with E-state index in [2.05, 4.69) is 4.74 Å². The molecule has 0 spiro atoms. The summed E-state index contributed by atoms with van der Waals surface area (Å²) >= 11 is 0. The highest BCUT2D eigenvalue weighted by Crippen LogP contribution is 2.04. The fourth-order valence-electron chi connectivity index (χ4n) is 1.02. The monoisotopic (exact) mass is 175 g/mol. The zero-order valence-electron chi connectivity index (χ0n) is 7.01. The van der Waals surface area contributed by atoms with Gasteiger partial charge in [-0.05, 0) is 5.56 Å². The summed E-state index contributed by atoms with van der Waals surface area (Å²) in [6.45, 7) is 0.302. The van der Waals surface area contributed by atoms with Gasteiger partial charge in [0.2, 0.25) is 0 Å². The molecule has 0 aromatic heterocycles. The largest absolute Gasteiger partial charge is 0.449 e. The van der Waals surface area contributed by atoms with Crippen LogP contribution in [0.2, 0.25) is 0 Å². The van der Waals surface area contributed by atoms with E-state index < -0.39 is 6.10 Å². The molecule has 3 heteroatoms. The van der Waals surface area contributed by atoms with Crippen molar-refractivity contribution in [1.82, 2.24) is 0 Å². The van der Waals surface area contributed by atoms with Crippen molar-refractivity contribution < 1.29 is 9.53 Å². The number of rotatable bonds is 4. The first-order chi connectivity index (χ1) is 6.36. The number of carbonyl (C=O) groups is 1. The molecule has 1 unspecified atom stereocenters. The Bertz CT molecular complexity index is 302. The molecule has 0 N–H and O–H groups in total. The molecule has 1 aromatic rings. The van der Waals surface area contributed by atoms with Crippen LogP contribution in [0.5, 0.6) is 0 Å². The highest BCUT2D eigenvalue weighted by atomic mass is 16.5. The van der Waals surface area contributed by atoms with E-state index in [1.165, 1.54) is 0 Å². The summed E-state index contributed by atoms with van der Waals surface area (Å²) in [6, 6.07) is 11.3. The Morgan fingerprint density at radius 2 is 2.15 bits per heavy atom. The van der Waals surface area contributed by atoms with Crippen molar-refractivity contribution in [3.63, 3.8) is 0 Å². The molecule has 0 aliphatic carbocycles. The predicted molar refractivity (Wildman–Crippen MR) is 46.7 cm³/mol. The highest BCUT2D eigenvalue weighted by Gasteiger charge is 2.07. The summed E-state index contributed by atoms with van der Waals surface area (Å²) in [5, 5.41) is 8.58. The third kappa shape index (κ3) is 2.96. The summed E-state index contributed by atoms with van der Waals surface area (Å²) in [5.41, 5.74) is 0.982. The van der Waals surface area contributed by atoms with Gasteiger partial charge in [0, 0.05) is 6.42 Å². The number of benzene rings is 1. The molecular weight excluding hydrogens is 166 g/mol. The van der Waals surface area contributed by atoms with Crippen LogP contribution in [-0.4, -0.2) is 12.6 Å². The normalized spacial score (nSPS) is 11.3. The molecule has 0 radical (unpaired) electrons. The molecule has 0 bridgehead atoms. The lowest BCUT2D eigenvalue weighted by Crippen LogP contribution is -2.12. The molecule has 1 aromatic carbocycles. The Kier molecular flexibility index (Phi) is 3.52. The number of hydrogen-bond acceptors (Lipinski definition) is 3. The topological polar surface area (TPSA) is 50.1 Å². The number of carbonyl (C=O) groups excluding carboxylic acids is 1. The fraction of sp³-hybridized carbons (Fsp3) is 0.200. The first kappa shape index (κ1) is 9.27. The average molecular weight is 175 g/mol. The van der Waals surface area contributed by atoms with Crippen molar-refractivity contribution in [2.75, 3.05) is 0 Å². The van der Waals surface area contributed by atoms with Gasteiger partial charge < -0.3 is 4.74 Å². The lowest BCUT2D eigenvalue weighted by atomic mass is 10.1. The number of nitrogens with zero attached hydrogens (tertiary/aromatic N) is 1. The lowest BCUT2D eigenvalue weighted by molar-refractivity contribution is -0.131. The SMILES string of the molecule is N#CC(Cc1ccccc1)OC=O. The minimum absolute atomic E-state index is 0.302. The zero-order chi connectivity index (χ0) is 9.52. The Morgan fingerprint density at radius 1 is 1.46 bits per heavy atom. The van der Waals surface area contributed by atoms with Crippen molar-refractivity contribution in [1.29, 1.82) is 5.26 Å². The average Bonchev–Trinajstić information content (AvgIpc) is 2.19. The van der Waals surface area contributed by atoms with E-state index in [1.807, 2.05) is 36.4 Å². The third-order valence-corrected chi connectivity index (χ3v) is 1.63. The molecule has 3 nitrogen and oxygen atoms in total. The molecule has 1 rings (SSSR count). The quantitative estimate of drug-likeness (QED) is 0.648. The van der Waals surface area contributed by atoms with Crippen LogP contribution in [0, 0.1) is 11.3 Å². The Hall–Kier alpha value is -1.82. The predicted octanol–water partition coefficient (Wildman–Crippen LogP) is 1.29. The first-order valence-electron chi connectivity index (χ1n) is 3.89. The molecule has 0 saturated carbocycles. The van der Waals surface area contributed by atoms with E-state index in [-0.39, 0.29) is 0 Å². The minimum Gasteiger partial charge on any atom is -0.449 e. The molecule has 0 amide bonds. The second-order valence-corrected chi connectivity index (χ2v) is 2.54. The van der Waals surface area contributed by atoms with Gasteiger partial charge in [-0.1, -0.05) is 30.3 Å². The minimum atomic E-state index is -0.681. The van der Waals surface area contributed by atoms with Crippen molar-refractivity contribution in [2.45, 2.75) is 12.5 Å². The summed E-state index contributed by atoms with van der Waals surface area (Å²) in [5.74, 6) is 0. The van der Waals surface area contributed by atoms with Crippen molar-refractivity contribution >= 4 is 6.47 Å². The maximum Gasteiger partial charge on any atom is 0.294 e. The van der Waals surface area contributed by atoms with Crippen LogP contribution in [-0.2, 0) is 16.0 Å². The summed E-state index contributed by atoms with van der Waals surface area (Å²) in [7, 11) is 0. The number of hydrogen-bond donors (Lipinski definition) is 0. The van der Waals surface area contributed by atoms with Crippen molar-refractivity contribution in [3.8, 4) is 6.07 Å². The molecule has 0 fully saturated rings. The molecule has 13 heavy (non-hydrogen) atoms. The maximum atomic E-state index is 9.99. The molecule has 0 aliphatic rings. The van der Waals surface area contributed by atoms with Gasteiger partial charge in [-0.15, -0.1) is 0 Å². The standard InChI is InChI=1S/C10H9NO2/c11-7-10(13-8-12)6-9-4-2-1-3-5-9/h1-5,8,10H,6H2. The van der Waals surface area contributed by atoms with Gasteiger partial charge in [-0.2, -0.15) is 5.26 Å². The van der Waals surface area contributed by atoms with Crippen LogP contribution < -0.4 is 0 Å². The van der Waals surface area contributed by atoms with E-state index in [0.717, 1.165) is 5.56 Å². The summed E-state index contributed by atoms with van der Waals surface area (Å²) in [4.78, 5) is 9.99. The van der Waals surface area contributed by atoms with Crippen LogP contribution >= 0.6 is 0 Å². The van der Waals surface area contributed by atoms with Crippen LogP contribution in [0.3, 0.4) is 0 Å². The third-order valence-electron chi connectivity index (χ3n) is 1.63. The Balaban J connectivity index is 2.58. The zero-order valence-corrected chi connectivity index (χ0v) is 7.01. The van der Waals surface area contributed by atoms with Gasteiger partial charge in [0.1, 0.15) is 6.07 Å². The Morgan fingerprint density at radius 3 is 2.69 bits per heavy atom.